The third-order valence-electron chi connectivity index (χ3n) is 3.14. The Morgan fingerprint density at radius 2 is 1.71 bits per heavy atom. The smallest absolute Gasteiger partial charge is 0.280 e. The van der Waals surface area contributed by atoms with Crippen LogP contribution in [0.15, 0.2) is 54.6 Å². The molecule has 0 heterocycles. The Balaban J connectivity index is 2.06. The summed E-state index contributed by atoms with van der Waals surface area (Å²) in [5.41, 5.74) is 0.726. The van der Waals surface area contributed by atoms with Gasteiger partial charge < -0.3 is 5.11 Å². The number of hydrogen-bond acceptors (Lipinski definition) is 4. The zero-order valence-electron chi connectivity index (χ0n) is 11.3. The van der Waals surface area contributed by atoms with Crippen LogP contribution in [0.1, 0.15) is 22.3 Å². The highest BCUT2D eigenvalue weighted by atomic mass is 16.6. The third-order valence-corrected chi connectivity index (χ3v) is 3.14. The molecule has 0 saturated carbocycles. The molecule has 108 valence electrons. The third kappa shape index (κ3) is 3.97. The first-order valence-electron chi connectivity index (χ1n) is 6.56. The molecule has 5 heteroatoms. The number of aliphatic hydroxyl groups is 1. The number of nitrogens with zero attached hydrogens (tertiary/aromatic N) is 1. The first-order chi connectivity index (χ1) is 10.1. The maximum absolute atomic E-state index is 12.1. The van der Waals surface area contributed by atoms with Crippen LogP contribution >= 0.6 is 0 Å². The van der Waals surface area contributed by atoms with Gasteiger partial charge in [-0.3, -0.25) is 14.9 Å². The number of benzene rings is 2. The van der Waals surface area contributed by atoms with Gasteiger partial charge in [-0.15, -0.1) is 0 Å². The van der Waals surface area contributed by atoms with Gasteiger partial charge in [-0.05, 0) is 18.1 Å². The van der Waals surface area contributed by atoms with Gasteiger partial charge >= 0.3 is 0 Å². The fourth-order valence-corrected chi connectivity index (χ4v) is 2.15. The summed E-state index contributed by atoms with van der Waals surface area (Å²) in [6.45, 7) is 0. The van der Waals surface area contributed by atoms with Crippen LogP contribution in [0.25, 0.3) is 0 Å². The predicted molar refractivity (Wildman–Crippen MR) is 78.2 cm³/mol. The van der Waals surface area contributed by atoms with E-state index in [0.29, 0.717) is 6.42 Å². The van der Waals surface area contributed by atoms with E-state index in [1.165, 1.54) is 18.2 Å². The Hall–Kier alpha value is -2.53. The van der Waals surface area contributed by atoms with Crippen molar-refractivity contribution in [1.82, 2.24) is 0 Å². The van der Waals surface area contributed by atoms with Crippen molar-refractivity contribution in [3.63, 3.8) is 0 Å². The van der Waals surface area contributed by atoms with Gasteiger partial charge in [0.2, 0.25) is 0 Å². The number of Topliss-reactive ketones (excluding diaryl/α,β-unsaturated/α-hetero) is 1. The van der Waals surface area contributed by atoms with E-state index in [1.807, 2.05) is 30.3 Å². The number of nitro benzene ring substituents is 1. The largest absolute Gasteiger partial charge is 0.392 e. The van der Waals surface area contributed by atoms with Crippen molar-refractivity contribution in [3.8, 4) is 0 Å². The van der Waals surface area contributed by atoms with Crippen molar-refractivity contribution < 1.29 is 14.8 Å². The average molecular weight is 285 g/mol. The van der Waals surface area contributed by atoms with Crippen molar-refractivity contribution in [3.05, 3.63) is 75.8 Å². The van der Waals surface area contributed by atoms with Crippen molar-refractivity contribution in [2.45, 2.75) is 18.9 Å². The Labute approximate surface area is 122 Å². The molecule has 5 nitrogen and oxygen atoms in total. The van der Waals surface area contributed by atoms with Crippen molar-refractivity contribution in [2.24, 2.45) is 0 Å². The Bertz CT molecular complexity index is 640. The van der Waals surface area contributed by atoms with Crippen LogP contribution in [0.5, 0.6) is 0 Å². The summed E-state index contributed by atoms with van der Waals surface area (Å²) in [7, 11) is 0. The molecule has 2 rings (SSSR count). The van der Waals surface area contributed by atoms with Gasteiger partial charge in [-0.25, -0.2) is 0 Å². The van der Waals surface area contributed by atoms with Gasteiger partial charge in [-0.1, -0.05) is 42.5 Å². The lowest BCUT2D eigenvalue weighted by molar-refractivity contribution is -0.385. The van der Waals surface area contributed by atoms with Gasteiger partial charge in [-0.2, -0.15) is 0 Å². The molecule has 1 N–H and O–H groups in total. The highest BCUT2D eigenvalue weighted by molar-refractivity contribution is 6.00. The molecule has 1 unspecified atom stereocenters. The van der Waals surface area contributed by atoms with Crippen molar-refractivity contribution >= 4 is 11.5 Å². The van der Waals surface area contributed by atoms with E-state index in [1.54, 1.807) is 6.07 Å². The molecule has 0 saturated heterocycles. The first kappa shape index (κ1) is 14.9. The van der Waals surface area contributed by atoms with E-state index >= 15 is 0 Å². The zero-order chi connectivity index (χ0) is 15.2. The number of aliphatic hydroxyl groups excluding tert-OH is 1. The van der Waals surface area contributed by atoms with Gasteiger partial charge in [0.1, 0.15) is 0 Å². The molecule has 0 spiro atoms. The van der Waals surface area contributed by atoms with Gasteiger partial charge in [0.25, 0.3) is 5.69 Å². The van der Waals surface area contributed by atoms with Crippen molar-refractivity contribution in [1.29, 1.82) is 0 Å². The highest BCUT2D eigenvalue weighted by Gasteiger charge is 2.21. The standard InChI is InChI=1S/C16H15NO4/c18-13(10-12-6-2-1-3-7-12)11-16(19)14-8-4-5-9-15(14)17(20)21/h1-9,13,18H,10-11H2. The van der Waals surface area contributed by atoms with Crippen molar-refractivity contribution in [2.75, 3.05) is 0 Å². The molecule has 0 aliphatic rings. The van der Waals surface area contributed by atoms with E-state index in [2.05, 4.69) is 0 Å². The normalized spacial score (nSPS) is 11.9. The van der Waals surface area contributed by atoms with Crippen LogP contribution in [0.3, 0.4) is 0 Å². The van der Waals surface area contributed by atoms with Gasteiger partial charge in [0.15, 0.2) is 5.78 Å². The number of nitro groups is 1. The topological polar surface area (TPSA) is 80.4 Å². The molecule has 21 heavy (non-hydrogen) atoms. The van der Waals surface area contributed by atoms with E-state index in [4.69, 9.17) is 0 Å². The summed E-state index contributed by atoms with van der Waals surface area (Å²) in [5, 5.41) is 20.9. The Morgan fingerprint density at radius 1 is 1.10 bits per heavy atom. The maximum atomic E-state index is 12.1. The quantitative estimate of drug-likeness (QED) is 0.502. The number of hydrogen-bond donors (Lipinski definition) is 1. The number of ketones is 1. The molecular weight excluding hydrogens is 270 g/mol. The van der Waals surface area contributed by atoms with Crippen LogP contribution in [0, 0.1) is 10.1 Å². The lowest BCUT2D eigenvalue weighted by atomic mass is 9.99. The Kier molecular flexibility index (Phi) is 4.79. The summed E-state index contributed by atoms with van der Waals surface area (Å²) in [5.74, 6) is -0.425. The lowest BCUT2D eigenvalue weighted by Crippen LogP contribution is -2.17. The molecule has 0 radical (unpaired) electrons. The van der Waals surface area contributed by atoms with E-state index in [-0.39, 0.29) is 17.7 Å². The minimum Gasteiger partial charge on any atom is -0.392 e. The number of carbonyl (C=O) groups is 1. The second kappa shape index (κ2) is 6.76. The minimum atomic E-state index is -0.861. The monoisotopic (exact) mass is 285 g/mol. The highest BCUT2D eigenvalue weighted by Crippen LogP contribution is 2.20. The number of para-hydroxylation sites is 1. The van der Waals surface area contributed by atoms with Crippen LogP contribution in [-0.2, 0) is 6.42 Å². The average Bonchev–Trinajstić information content (AvgIpc) is 2.48. The molecule has 0 bridgehead atoms. The fourth-order valence-electron chi connectivity index (χ4n) is 2.15. The molecule has 0 fully saturated rings. The molecule has 1 atom stereocenters. The number of rotatable bonds is 6. The second-order valence-electron chi connectivity index (χ2n) is 4.75. The zero-order valence-corrected chi connectivity index (χ0v) is 11.3. The summed E-state index contributed by atoms with van der Waals surface area (Å²) in [6, 6.07) is 15.1. The molecule has 2 aromatic carbocycles. The second-order valence-corrected chi connectivity index (χ2v) is 4.75. The summed E-state index contributed by atoms with van der Waals surface area (Å²) < 4.78 is 0. The minimum absolute atomic E-state index is 0.0367. The summed E-state index contributed by atoms with van der Waals surface area (Å²) in [6.07, 6.45) is -0.660. The predicted octanol–water partition coefficient (Wildman–Crippen LogP) is 2.77. The SMILES string of the molecule is O=C(CC(O)Cc1ccccc1)c1ccccc1[N+](=O)[O-]. The van der Waals surface area contributed by atoms with E-state index in [9.17, 15) is 20.0 Å². The Morgan fingerprint density at radius 3 is 2.38 bits per heavy atom. The maximum Gasteiger partial charge on any atom is 0.280 e. The van der Waals surface area contributed by atoms with Crippen LogP contribution in [0.2, 0.25) is 0 Å². The molecular formula is C16H15NO4. The van der Waals surface area contributed by atoms with Gasteiger partial charge in [0.05, 0.1) is 16.6 Å². The molecule has 0 aromatic heterocycles. The van der Waals surface area contributed by atoms with Crippen LogP contribution < -0.4 is 0 Å². The lowest BCUT2D eigenvalue weighted by Gasteiger charge is -2.10. The van der Waals surface area contributed by atoms with E-state index < -0.39 is 16.8 Å². The fraction of sp³-hybridized carbons (Fsp3) is 0.188. The number of carbonyl (C=O) groups excluding carboxylic acids is 1. The van der Waals surface area contributed by atoms with Gasteiger partial charge in [0, 0.05) is 12.5 Å². The first-order valence-corrected chi connectivity index (χ1v) is 6.56. The molecule has 2 aromatic rings. The molecule has 0 aliphatic carbocycles. The summed E-state index contributed by atoms with van der Waals surface area (Å²) >= 11 is 0. The van der Waals surface area contributed by atoms with E-state index in [0.717, 1.165) is 5.56 Å². The molecule has 0 aliphatic heterocycles. The van der Waals surface area contributed by atoms with Crippen LogP contribution in [0.4, 0.5) is 5.69 Å². The summed E-state index contributed by atoms with van der Waals surface area (Å²) in [4.78, 5) is 22.4. The van der Waals surface area contributed by atoms with Crippen LogP contribution in [-0.4, -0.2) is 21.9 Å². The molecule has 0 amide bonds.